The highest BCUT2D eigenvalue weighted by Gasteiger charge is 2.30. The highest BCUT2D eigenvalue weighted by atomic mass is 16.5. The van der Waals surface area contributed by atoms with Crippen molar-refractivity contribution in [3.63, 3.8) is 0 Å². The zero-order valence-corrected chi connectivity index (χ0v) is 11.1. The number of hydrogen-bond acceptors (Lipinski definition) is 4. The Morgan fingerprint density at radius 1 is 1.50 bits per heavy atom. The van der Waals surface area contributed by atoms with Gasteiger partial charge in [-0.3, -0.25) is 9.69 Å². The number of methoxy groups -OCH3 is 1. The number of likely N-dealkylation sites (N-methyl/N-ethyl adjacent to an activating group) is 1. The van der Waals surface area contributed by atoms with E-state index in [0.717, 1.165) is 24.3 Å². The third kappa shape index (κ3) is 2.64. The van der Waals surface area contributed by atoms with Gasteiger partial charge in [0, 0.05) is 13.0 Å². The number of cyclic esters (lactones) is 1. The minimum absolute atomic E-state index is 0.104. The predicted molar refractivity (Wildman–Crippen MR) is 68.6 cm³/mol. The van der Waals surface area contributed by atoms with Crippen molar-refractivity contribution in [1.29, 1.82) is 0 Å². The van der Waals surface area contributed by atoms with Gasteiger partial charge in [0.05, 0.1) is 13.7 Å². The van der Waals surface area contributed by atoms with Crippen molar-refractivity contribution in [2.75, 3.05) is 20.8 Å². The minimum Gasteiger partial charge on any atom is -0.496 e. The summed E-state index contributed by atoms with van der Waals surface area (Å²) >= 11 is 0. The van der Waals surface area contributed by atoms with E-state index in [2.05, 4.69) is 6.07 Å². The lowest BCUT2D eigenvalue weighted by atomic mass is 10.1. The number of carbonyl (C=O) groups excluding carboxylic acids is 1. The highest BCUT2D eigenvalue weighted by Crippen LogP contribution is 2.21. The van der Waals surface area contributed by atoms with Crippen LogP contribution in [0.2, 0.25) is 0 Å². The zero-order chi connectivity index (χ0) is 13.1. The summed E-state index contributed by atoms with van der Waals surface area (Å²) in [6.45, 7) is 3.30. The smallest absolute Gasteiger partial charge is 0.323 e. The second-order valence-electron chi connectivity index (χ2n) is 4.69. The molecule has 1 aliphatic heterocycles. The molecule has 1 aromatic rings. The van der Waals surface area contributed by atoms with Crippen molar-refractivity contribution in [2.45, 2.75) is 25.9 Å². The molecule has 1 heterocycles. The average molecular weight is 249 g/mol. The van der Waals surface area contributed by atoms with E-state index in [0.29, 0.717) is 6.61 Å². The molecule has 1 saturated heterocycles. The van der Waals surface area contributed by atoms with Crippen LogP contribution >= 0.6 is 0 Å². The predicted octanol–water partition coefficient (Wildman–Crippen LogP) is 1.75. The molecule has 0 aromatic heterocycles. The van der Waals surface area contributed by atoms with Gasteiger partial charge >= 0.3 is 5.97 Å². The van der Waals surface area contributed by atoms with Crippen molar-refractivity contribution < 1.29 is 14.3 Å². The van der Waals surface area contributed by atoms with Crippen LogP contribution in [0.5, 0.6) is 5.75 Å². The average Bonchev–Trinajstić information content (AvgIpc) is 2.76. The van der Waals surface area contributed by atoms with E-state index in [1.165, 1.54) is 5.56 Å². The number of nitrogens with zero attached hydrogens (tertiary/aromatic N) is 1. The van der Waals surface area contributed by atoms with Crippen LogP contribution in [0.1, 0.15) is 17.5 Å². The van der Waals surface area contributed by atoms with Gasteiger partial charge < -0.3 is 9.47 Å². The Morgan fingerprint density at radius 2 is 2.28 bits per heavy atom. The summed E-state index contributed by atoms with van der Waals surface area (Å²) in [5.41, 5.74) is 2.29. The Balaban J connectivity index is 2.04. The first-order valence-electron chi connectivity index (χ1n) is 6.12. The molecule has 1 aliphatic rings. The van der Waals surface area contributed by atoms with E-state index in [1.54, 1.807) is 7.11 Å². The summed E-state index contributed by atoms with van der Waals surface area (Å²) in [4.78, 5) is 13.5. The highest BCUT2D eigenvalue weighted by molar-refractivity contribution is 5.77. The quantitative estimate of drug-likeness (QED) is 0.762. The Hall–Kier alpha value is -1.55. The fraction of sp³-hybridized carbons (Fsp3) is 0.500. The molecule has 1 atom stereocenters. The lowest BCUT2D eigenvalue weighted by molar-refractivity contribution is -0.142. The normalized spacial score (nSPS) is 19.1. The second-order valence-corrected chi connectivity index (χ2v) is 4.69. The van der Waals surface area contributed by atoms with Crippen LogP contribution in [0.3, 0.4) is 0 Å². The van der Waals surface area contributed by atoms with Gasteiger partial charge in [-0.05, 0) is 31.2 Å². The van der Waals surface area contributed by atoms with E-state index < -0.39 is 0 Å². The largest absolute Gasteiger partial charge is 0.496 e. The minimum atomic E-state index is -0.109. The summed E-state index contributed by atoms with van der Waals surface area (Å²) in [6.07, 6.45) is 0.782. The van der Waals surface area contributed by atoms with Gasteiger partial charge in [-0.2, -0.15) is 0 Å². The van der Waals surface area contributed by atoms with Crippen LogP contribution < -0.4 is 4.74 Å². The molecular formula is C14H19NO3. The number of carbonyl (C=O) groups is 1. The SMILES string of the molecule is COc1ccc(CN(C)[C@@H]2CCOC2=O)cc1C. The maximum atomic E-state index is 11.5. The van der Waals surface area contributed by atoms with Crippen LogP contribution in [-0.4, -0.2) is 37.7 Å². The number of ether oxygens (including phenoxy) is 2. The molecule has 0 saturated carbocycles. The molecule has 1 aromatic carbocycles. The van der Waals surface area contributed by atoms with Crippen LogP contribution in [-0.2, 0) is 16.1 Å². The van der Waals surface area contributed by atoms with Gasteiger partial charge in [-0.15, -0.1) is 0 Å². The van der Waals surface area contributed by atoms with E-state index in [9.17, 15) is 4.79 Å². The molecule has 4 heteroatoms. The van der Waals surface area contributed by atoms with Gasteiger partial charge in [0.2, 0.25) is 0 Å². The van der Waals surface area contributed by atoms with Gasteiger partial charge in [0.15, 0.2) is 0 Å². The standard InChI is InChI=1S/C14H19NO3/c1-10-8-11(4-5-13(10)17-3)9-15(2)12-6-7-18-14(12)16/h4-5,8,12H,6-7,9H2,1-3H3/t12-/m1/s1. The molecular weight excluding hydrogens is 230 g/mol. The van der Waals surface area contributed by atoms with Crippen molar-refractivity contribution in [2.24, 2.45) is 0 Å². The van der Waals surface area contributed by atoms with E-state index in [4.69, 9.17) is 9.47 Å². The molecule has 0 aliphatic carbocycles. The first kappa shape index (κ1) is 12.9. The third-order valence-electron chi connectivity index (χ3n) is 3.33. The fourth-order valence-electron chi connectivity index (χ4n) is 2.32. The molecule has 1 fully saturated rings. The first-order chi connectivity index (χ1) is 8.61. The van der Waals surface area contributed by atoms with Crippen molar-refractivity contribution in [1.82, 2.24) is 4.90 Å². The van der Waals surface area contributed by atoms with Crippen molar-refractivity contribution in [3.8, 4) is 5.75 Å². The van der Waals surface area contributed by atoms with E-state index in [1.807, 2.05) is 31.0 Å². The molecule has 0 radical (unpaired) electrons. The van der Waals surface area contributed by atoms with Gasteiger partial charge in [-0.25, -0.2) is 0 Å². The molecule has 4 nitrogen and oxygen atoms in total. The molecule has 0 bridgehead atoms. The maximum absolute atomic E-state index is 11.5. The summed E-state index contributed by atoms with van der Waals surface area (Å²) in [7, 11) is 3.62. The number of aryl methyl sites for hydroxylation is 1. The Kier molecular flexibility index (Phi) is 3.87. The summed E-state index contributed by atoms with van der Waals surface area (Å²) in [5, 5.41) is 0. The van der Waals surface area contributed by atoms with Gasteiger partial charge in [0.25, 0.3) is 0 Å². The molecule has 0 unspecified atom stereocenters. The molecule has 98 valence electrons. The fourth-order valence-corrected chi connectivity index (χ4v) is 2.32. The summed E-state index contributed by atoms with van der Waals surface area (Å²) < 4.78 is 10.2. The second kappa shape index (κ2) is 5.40. The lowest BCUT2D eigenvalue weighted by Crippen LogP contribution is -2.34. The van der Waals surface area contributed by atoms with Crippen molar-refractivity contribution >= 4 is 5.97 Å². The monoisotopic (exact) mass is 249 g/mol. The zero-order valence-electron chi connectivity index (χ0n) is 11.1. The molecule has 18 heavy (non-hydrogen) atoms. The Morgan fingerprint density at radius 3 is 2.83 bits per heavy atom. The number of esters is 1. The first-order valence-corrected chi connectivity index (χ1v) is 6.12. The number of rotatable bonds is 4. The van der Waals surface area contributed by atoms with Crippen LogP contribution in [0, 0.1) is 6.92 Å². The maximum Gasteiger partial charge on any atom is 0.323 e. The molecule has 0 amide bonds. The Labute approximate surface area is 107 Å². The lowest BCUT2D eigenvalue weighted by Gasteiger charge is -2.21. The van der Waals surface area contributed by atoms with Crippen LogP contribution in [0.15, 0.2) is 18.2 Å². The van der Waals surface area contributed by atoms with Crippen LogP contribution in [0.25, 0.3) is 0 Å². The third-order valence-corrected chi connectivity index (χ3v) is 3.33. The molecule has 0 N–H and O–H groups in total. The summed E-state index contributed by atoms with van der Waals surface area (Å²) in [6, 6.07) is 5.98. The topological polar surface area (TPSA) is 38.8 Å². The summed E-state index contributed by atoms with van der Waals surface area (Å²) in [5.74, 6) is 0.782. The van der Waals surface area contributed by atoms with E-state index in [-0.39, 0.29) is 12.0 Å². The van der Waals surface area contributed by atoms with Gasteiger partial charge in [0.1, 0.15) is 11.8 Å². The van der Waals surface area contributed by atoms with Gasteiger partial charge in [-0.1, -0.05) is 12.1 Å². The van der Waals surface area contributed by atoms with Crippen LogP contribution in [0.4, 0.5) is 0 Å². The number of hydrogen-bond donors (Lipinski definition) is 0. The van der Waals surface area contributed by atoms with Crippen molar-refractivity contribution in [3.05, 3.63) is 29.3 Å². The Bertz CT molecular complexity index is 445. The van der Waals surface area contributed by atoms with E-state index >= 15 is 0 Å². The molecule has 0 spiro atoms. The number of benzene rings is 1. The molecule has 2 rings (SSSR count).